The smallest absolute Gasteiger partial charge is 0.228 e. The zero-order chi connectivity index (χ0) is 15.9. The highest BCUT2D eigenvalue weighted by Crippen LogP contribution is 2.16. The molecule has 0 unspecified atom stereocenters. The summed E-state index contributed by atoms with van der Waals surface area (Å²) in [6.45, 7) is 4.18. The van der Waals surface area contributed by atoms with Crippen molar-refractivity contribution in [3.05, 3.63) is 54.1 Å². The second-order valence-electron chi connectivity index (χ2n) is 5.45. The fraction of sp³-hybridized carbons (Fsp3) is 0.278. The van der Waals surface area contributed by atoms with Crippen molar-refractivity contribution in [3.63, 3.8) is 0 Å². The van der Waals surface area contributed by atoms with E-state index in [0.717, 1.165) is 22.7 Å². The molecule has 0 saturated heterocycles. The van der Waals surface area contributed by atoms with Crippen molar-refractivity contribution in [1.29, 1.82) is 0 Å². The van der Waals surface area contributed by atoms with Crippen LogP contribution < -0.4 is 15.4 Å². The third-order valence-corrected chi connectivity index (χ3v) is 3.15. The molecule has 1 amide bonds. The minimum Gasteiger partial charge on any atom is -0.497 e. The molecule has 0 spiro atoms. The number of carbonyl (C=O) groups excluding carboxylic acids is 1. The van der Waals surface area contributed by atoms with Gasteiger partial charge in [-0.05, 0) is 55.8 Å². The topological polar surface area (TPSA) is 50.4 Å². The van der Waals surface area contributed by atoms with Crippen molar-refractivity contribution in [2.24, 2.45) is 0 Å². The Bertz CT molecular complexity index is 604. The number of methoxy groups -OCH3 is 1. The Hall–Kier alpha value is -2.49. The van der Waals surface area contributed by atoms with Gasteiger partial charge in [0.05, 0.1) is 13.5 Å². The van der Waals surface area contributed by atoms with Gasteiger partial charge >= 0.3 is 0 Å². The average molecular weight is 298 g/mol. The molecule has 116 valence electrons. The number of anilines is 2. The van der Waals surface area contributed by atoms with Crippen LogP contribution >= 0.6 is 0 Å². The summed E-state index contributed by atoms with van der Waals surface area (Å²) in [6.07, 6.45) is 0.343. The van der Waals surface area contributed by atoms with Gasteiger partial charge in [-0.15, -0.1) is 0 Å². The highest BCUT2D eigenvalue weighted by atomic mass is 16.5. The minimum absolute atomic E-state index is 0.0327. The molecule has 2 rings (SSSR count). The summed E-state index contributed by atoms with van der Waals surface area (Å²) < 4.78 is 5.10. The molecule has 0 heterocycles. The fourth-order valence-corrected chi connectivity index (χ4v) is 2.12. The number of hydrogen-bond donors (Lipinski definition) is 2. The lowest BCUT2D eigenvalue weighted by molar-refractivity contribution is -0.115. The summed E-state index contributed by atoms with van der Waals surface area (Å²) >= 11 is 0. The zero-order valence-electron chi connectivity index (χ0n) is 13.2. The molecule has 0 atom stereocenters. The highest BCUT2D eigenvalue weighted by Gasteiger charge is 2.05. The Balaban J connectivity index is 1.90. The summed E-state index contributed by atoms with van der Waals surface area (Å²) in [5.74, 6) is 0.757. The summed E-state index contributed by atoms with van der Waals surface area (Å²) in [7, 11) is 1.62. The predicted molar refractivity (Wildman–Crippen MR) is 90.5 cm³/mol. The van der Waals surface area contributed by atoms with Gasteiger partial charge in [0.25, 0.3) is 0 Å². The molecule has 4 nitrogen and oxygen atoms in total. The summed E-state index contributed by atoms with van der Waals surface area (Å²) in [5.41, 5.74) is 2.80. The van der Waals surface area contributed by atoms with Crippen molar-refractivity contribution >= 4 is 17.3 Å². The number of rotatable bonds is 6. The Morgan fingerprint density at radius 3 is 2.14 bits per heavy atom. The highest BCUT2D eigenvalue weighted by molar-refractivity contribution is 5.92. The maximum atomic E-state index is 12.0. The van der Waals surface area contributed by atoms with E-state index >= 15 is 0 Å². The van der Waals surface area contributed by atoms with Crippen LogP contribution in [0.15, 0.2) is 48.5 Å². The Kier molecular flexibility index (Phi) is 5.42. The molecule has 2 aromatic rings. The minimum atomic E-state index is -0.0327. The van der Waals surface area contributed by atoms with Crippen LogP contribution in [-0.2, 0) is 11.2 Å². The van der Waals surface area contributed by atoms with Gasteiger partial charge in [0.2, 0.25) is 5.91 Å². The summed E-state index contributed by atoms with van der Waals surface area (Å²) in [4.78, 5) is 12.0. The number of benzene rings is 2. The number of ether oxygens (including phenoxy) is 1. The van der Waals surface area contributed by atoms with Crippen LogP contribution in [0.3, 0.4) is 0 Å². The van der Waals surface area contributed by atoms with Gasteiger partial charge in [-0.25, -0.2) is 0 Å². The Morgan fingerprint density at radius 2 is 1.59 bits per heavy atom. The van der Waals surface area contributed by atoms with Gasteiger partial charge in [0, 0.05) is 17.4 Å². The van der Waals surface area contributed by atoms with Gasteiger partial charge in [-0.2, -0.15) is 0 Å². The number of nitrogens with one attached hydrogen (secondary N) is 2. The number of carbonyl (C=O) groups is 1. The maximum Gasteiger partial charge on any atom is 0.228 e. The third-order valence-electron chi connectivity index (χ3n) is 3.15. The van der Waals surface area contributed by atoms with Crippen molar-refractivity contribution in [2.45, 2.75) is 26.3 Å². The monoisotopic (exact) mass is 298 g/mol. The van der Waals surface area contributed by atoms with Crippen LogP contribution in [0.25, 0.3) is 0 Å². The Labute approximate surface area is 131 Å². The second-order valence-corrected chi connectivity index (χ2v) is 5.45. The van der Waals surface area contributed by atoms with Crippen molar-refractivity contribution in [1.82, 2.24) is 0 Å². The van der Waals surface area contributed by atoms with Gasteiger partial charge in [-0.1, -0.05) is 12.1 Å². The van der Waals surface area contributed by atoms with Crippen molar-refractivity contribution < 1.29 is 9.53 Å². The fourth-order valence-electron chi connectivity index (χ4n) is 2.12. The molecule has 0 fully saturated rings. The predicted octanol–water partition coefficient (Wildman–Crippen LogP) is 3.70. The normalized spacial score (nSPS) is 10.4. The maximum absolute atomic E-state index is 12.0. The molecule has 22 heavy (non-hydrogen) atoms. The van der Waals surface area contributed by atoms with E-state index in [0.29, 0.717) is 12.5 Å². The first-order chi connectivity index (χ1) is 10.6. The van der Waals surface area contributed by atoms with Crippen molar-refractivity contribution in [2.75, 3.05) is 17.7 Å². The van der Waals surface area contributed by atoms with E-state index in [2.05, 4.69) is 24.5 Å². The van der Waals surface area contributed by atoms with Gasteiger partial charge in [-0.3, -0.25) is 4.79 Å². The first-order valence-electron chi connectivity index (χ1n) is 7.36. The molecule has 0 bridgehead atoms. The summed E-state index contributed by atoms with van der Waals surface area (Å²) in [6, 6.07) is 15.6. The molecule has 0 aliphatic heterocycles. The lowest BCUT2D eigenvalue weighted by Gasteiger charge is -2.11. The average Bonchev–Trinajstić information content (AvgIpc) is 2.49. The molecular formula is C18H22N2O2. The SMILES string of the molecule is COc1ccc(CC(=O)Nc2ccc(NC(C)C)cc2)cc1. The first-order valence-corrected chi connectivity index (χ1v) is 7.36. The molecular weight excluding hydrogens is 276 g/mol. The van der Waals surface area contributed by atoms with Gasteiger partial charge < -0.3 is 15.4 Å². The van der Waals surface area contributed by atoms with E-state index < -0.39 is 0 Å². The van der Waals surface area contributed by atoms with E-state index in [1.165, 1.54) is 0 Å². The molecule has 0 radical (unpaired) electrons. The molecule has 0 aromatic heterocycles. The van der Waals surface area contributed by atoms with Crippen LogP contribution in [0.4, 0.5) is 11.4 Å². The third kappa shape index (κ3) is 4.81. The quantitative estimate of drug-likeness (QED) is 0.855. The molecule has 2 aromatic carbocycles. The van der Waals surface area contributed by atoms with Gasteiger partial charge in [0.15, 0.2) is 0 Å². The van der Waals surface area contributed by atoms with E-state index in [1.807, 2.05) is 48.5 Å². The molecule has 2 N–H and O–H groups in total. The number of hydrogen-bond acceptors (Lipinski definition) is 3. The van der Waals surface area contributed by atoms with Crippen LogP contribution in [0, 0.1) is 0 Å². The van der Waals surface area contributed by atoms with Crippen LogP contribution in [0.2, 0.25) is 0 Å². The first kappa shape index (κ1) is 15.9. The standard InChI is InChI=1S/C18H22N2O2/c1-13(2)19-15-6-8-16(9-7-15)20-18(21)12-14-4-10-17(22-3)11-5-14/h4-11,13,19H,12H2,1-3H3,(H,20,21). The van der Waals surface area contributed by atoms with Crippen LogP contribution in [0.5, 0.6) is 5.75 Å². The number of amides is 1. The van der Waals surface area contributed by atoms with E-state index in [1.54, 1.807) is 7.11 Å². The van der Waals surface area contributed by atoms with Crippen LogP contribution in [-0.4, -0.2) is 19.1 Å². The van der Waals surface area contributed by atoms with Crippen molar-refractivity contribution in [3.8, 4) is 5.75 Å². The van der Waals surface area contributed by atoms with E-state index in [4.69, 9.17) is 4.74 Å². The summed E-state index contributed by atoms with van der Waals surface area (Å²) in [5, 5.41) is 6.21. The molecule has 0 aliphatic carbocycles. The molecule has 0 aliphatic rings. The lowest BCUT2D eigenvalue weighted by atomic mass is 10.1. The van der Waals surface area contributed by atoms with E-state index in [9.17, 15) is 4.79 Å². The Morgan fingerprint density at radius 1 is 1.00 bits per heavy atom. The van der Waals surface area contributed by atoms with Gasteiger partial charge in [0.1, 0.15) is 5.75 Å². The lowest BCUT2D eigenvalue weighted by Crippen LogP contribution is -2.14. The second kappa shape index (κ2) is 7.50. The van der Waals surface area contributed by atoms with E-state index in [-0.39, 0.29) is 5.91 Å². The molecule has 0 saturated carbocycles. The van der Waals surface area contributed by atoms with Crippen LogP contribution in [0.1, 0.15) is 19.4 Å². The largest absolute Gasteiger partial charge is 0.497 e. The molecule has 4 heteroatoms. The zero-order valence-corrected chi connectivity index (χ0v) is 13.2.